The van der Waals surface area contributed by atoms with E-state index in [1.165, 1.54) is 18.4 Å². The zero-order valence-electron chi connectivity index (χ0n) is 12.5. The third-order valence-electron chi connectivity index (χ3n) is 4.10. The zero-order valence-corrected chi connectivity index (χ0v) is 15.7. The van der Waals surface area contributed by atoms with Gasteiger partial charge in [0.15, 0.2) is 0 Å². The second-order valence-electron chi connectivity index (χ2n) is 6.84. The minimum atomic E-state index is 0.122. The maximum atomic E-state index is 6.44. The molecule has 0 saturated heterocycles. The average molecular weight is 404 g/mol. The Morgan fingerprint density at radius 2 is 2.00 bits per heavy atom. The Bertz CT molecular complexity index is 444. The summed E-state index contributed by atoms with van der Waals surface area (Å²) in [7, 11) is 0. The van der Waals surface area contributed by atoms with Gasteiger partial charge in [-0.25, -0.2) is 0 Å². The second-order valence-corrected chi connectivity index (χ2v) is 8.34. The standard InChI is InChI=1S/C17H24Br2O/c1-12-8-13(10-17(2,3)9-12)20-16(11-18)14-6-4-5-7-15(14)19/h4-7,12-13,16H,8-11H2,1-3H3. The maximum absolute atomic E-state index is 6.44. The molecule has 0 spiro atoms. The Morgan fingerprint density at radius 3 is 2.60 bits per heavy atom. The van der Waals surface area contributed by atoms with E-state index in [1.807, 2.05) is 6.07 Å². The summed E-state index contributed by atoms with van der Waals surface area (Å²) >= 11 is 7.25. The smallest absolute Gasteiger partial charge is 0.0936 e. The van der Waals surface area contributed by atoms with Crippen molar-refractivity contribution in [2.24, 2.45) is 11.3 Å². The third kappa shape index (κ3) is 4.32. The highest BCUT2D eigenvalue weighted by atomic mass is 79.9. The molecule has 0 radical (unpaired) electrons. The van der Waals surface area contributed by atoms with E-state index in [1.54, 1.807) is 0 Å². The molecule has 0 bridgehead atoms. The molecule has 3 unspecified atom stereocenters. The lowest BCUT2D eigenvalue weighted by molar-refractivity contribution is -0.0582. The zero-order chi connectivity index (χ0) is 14.8. The SMILES string of the molecule is CC1CC(OC(CBr)c2ccccc2Br)CC(C)(C)C1. The molecule has 0 aromatic heterocycles. The number of rotatable bonds is 4. The summed E-state index contributed by atoms with van der Waals surface area (Å²) in [4.78, 5) is 0. The molecule has 20 heavy (non-hydrogen) atoms. The molecule has 0 amide bonds. The van der Waals surface area contributed by atoms with Crippen LogP contribution < -0.4 is 0 Å². The quantitative estimate of drug-likeness (QED) is 0.550. The fraction of sp³-hybridized carbons (Fsp3) is 0.647. The van der Waals surface area contributed by atoms with Gasteiger partial charge >= 0.3 is 0 Å². The number of benzene rings is 1. The number of hydrogen-bond acceptors (Lipinski definition) is 1. The Balaban J connectivity index is 2.09. The molecule has 3 atom stereocenters. The van der Waals surface area contributed by atoms with Crippen LogP contribution in [0.4, 0.5) is 0 Å². The molecule has 1 aromatic rings. The van der Waals surface area contributed by atoms with Crippen molar-refractivity contribution in [3.8, 4) is 0 Å². The van der Waals surface area contributed by atoms with Gasteiger partial charge in [0.2, 0.25) is 0 Å². The third-order valence-corrected chi connectivity index (χ3v) is 5.41. The van der Waals surface area contributed by atoms with Crippen LogP contribution in [0.2, 0.25) is 0 Å². The lowest BCUT2D eigenvalue weighted by Gasteiger charge is -2.40. The molecule has 1 aliphatic rings. The molecule has 112 valence electrons. The van der Waals surface area contributed by atoms with Crippen molar-refractivity contribution in [1.29, 1.82) is 0 Å². The van der Waals surface area contributed by atoms with Gasteiger partial charge in [-0.1, -0.05) is 70.8 Å². The van der Waals surface area contributed by atoms with E-state index < -0.39 is 0 Å². The first-order valence-corrected chi connectivity index (χ1v) is 9.28. The normalized spacial score (nSPS) is 27.2. The summed E-state index contributed by atoms with van der Waals surface area (Å²) in [5, 5.41) is 0.834. The topological polar surface area (TPSA) is 9.23 Å². The first-order chi connectivity index (χ1) is 9.41. The highest BCUT2D eigenvalue weighted by molar-refractivity contribution is 9.10. The fourth-order valence-electron chi connectivity index (χ4n) is 3.52. The van der Waals surface area contributed by atoms with Crippen LogP contribution in [-0.2, 0) is 4.74 Å². The van der Waals surface area contributed by atoms with E-state index in [9.17, 15) is 0 Å². The Labute approximate surface area is 139 Å². The van der Waals surface area contributed by atoms with Crippen LogP contribution in [0.1, 0.15) is 51.7 Å². The van der Waals surface area contributed by atoms with Crippen molar-refractivity contribution in [1.82, 2.24) is 0 Å². The first-order valence-electron chi connectivity index (χ1n) is 7.37. The van der Waals surface area contributed by atoms with Crippen LogP contribution in [0.5, 0.6) is 0 Å². The van der Waals surface area contributed by atoms with Crippen LogP contribution in [-0.4, -0.2) is 11.4 Å². The van der Waals surface area contributed by atoms with Gasteiger partial charge in [-0.2, -0.15) is 0 Å². The molecule has 3 heteroatoms. The van der Waals surface area contributed by atoms with Crippen LogP contribution in [0, 0.1) is 11.3 Å². The number of ether oxygens (including phenoxy) is 1. The van der Waals surface area contributed by atoms with Crippen molar-refractivity contribution in [3.63, 3.8) is 0 Å². The van der Waals surface area contributed by atoms with Gasteiger partial charge in [0, 0.05) is 9.80 Å². The monoisotopic (exact) mass is 402 g/mol. The van der Waals surface area contributed by atoms with Crippen molar-refractivity contribution < 1.29 is 4.74 Å². The number of hydrogen-bond donors (Lipinski definition) is 0. The molecule has 1 saturated carbocycles. The minimum absolute atomic E-state index is 0.122. The molecule has 0 N–H and O–H groups in total. The van der Waals surface area contributed by atoms with E-state index in [4.69, 9.17) is 4.74 Å². The molecule has 1 aliphatic carbocycles. The highest BCUT2D eigenvalue weighted by Gasteiger charge is 2.34. The van der Waals surface area contributed by atoms with Gasteiger partial charge in [-0.15, -0.1) is 0 Å². The highest BCUT2D eigenvalue weighted by Crippen LogP contribution is 2.41. The number of halogens is 2. The summed E-state index contributed by atoms with van der Waals surface area (Å²) in [6, 6.07) is 8.35. The Kier molecular flexibility index (Phi) is 5.72. The number of alkyl halides is 1. The molecular formula is C17H24Br2O. The molecular weight excluding hydrogens is 380 g/mol. The summed E-state index contributed by atoms with van der Waals surface area (Å²) in [5.41, 5.74) is 1.63. The lowest BCUT2D eigenvalue weighted by Crippen LogP contribution is -2.33. The average Bonchev–Trinajstić information content (AvgIpc) is 2.34. The lowest BCUT2D eigenvalue weighted by atomic mass is 9.71. The van der Waals surface area contributed by atoms with Gasteiger partial charge in [0.25, 0.3) is 0 Å². The van der Waals surface area contributed by atoms with Gasteiger partial charge in [0.1, 0.15) is 0 Å². The van der Waals surface area contributed by atoms with Crippen LogP contribution in [0.25, 0.3) is 0 Å². The fourth-order valence-corrected chi connectivity index (χ4v) is 4.56. The van der Waals surface area contributed by atoms with Gasteiger partial charge in [-0.3, -0.25) is 0 Å². The molecule has 1 fully saturated rings. The molecule has 0 heterocycles. The van der Waals surface area contributed by atoms with Crippen molar-refractivity contribution >= 4 is 31.9 Å². The van der Waals surface area contributed by atoms with Crippen LogP contribution >= 0.6 is 31.9 Å². The summed E-state index contributed by atoms with van der Waals surface area (Å²) in [6.45, 7) is 7.07. The van der Waals surface area contributed by atoms with Gasteiger partial charge in [-0.05, 0) is 42.2 Å². The minimum Gasteiger partial charge on any atom is -0.369 e. The molecule has 1 aromatic carbocycles. The van der Waals surface area contributed by atoms with Crippen LogP contribution in [0.3, 0.4) is 0 Å². The molecule has 2 rings (SSSR count). The maximum Gasteiger partial charge on any atom is 0.0936 e. The van der Waals surface area contributed by atoms with Crippen molar-refractivity contribution in [2.45, 2.75) is 52.2 Å². The summed E-state index contributed by atoms with van der Waals surface area (Å²) in [5.74, 6) is 0.749. The first kappa shape index (κ1) is 16.5. The second kappa shape index (κ2) is 6.93. The van der Waals surface area contributed by atoms with Crippen molar-refractivity contribution in [2.75, 3.05) is 5.33 Å². The molecule has 0 aliphatic heterocycles. The van der Waals surface area contributed by atoms with E-state index in [-0.39, 0.29) is 6.10 Å². The van der Waals surface area contributed by atoms with E-state index in [0.717, 1.165) is 22.1 Å². The van der Waals surface area contributed by atoms with E-state index in [2.05, 4.69) is 70.8 Å². The molecule has 1 nitrogen and oxygen atoms in total. The van der Waals surface area contributed by atoms with Gasteiger partial charge < -0.3 is 4.74 Å². The van der Waals surface area contributed by atoms with Crippen molar-refractivity contribution in [3.05, 3.63) is 34.3 Å². The van der Waals surface area contributed by atoms with Gasteiger partial charge in [0.05, 0.1) is 12.2 Å². The predicted molar refractivity (Wildman–Crippen MR) is 92.3 cm³/mol. The largest absolute Gasteiger partial charge is 0.369 e. The predicted octanol–water partition coefficient (Wildman–Crippen LogP) is 6.12. The Morgan fingerprint density at radius 1 is 1.30 bits per heavy atom. The summed E-state index contributed by atoms with van der Waals surface area (Å²) < 4.78 is 7.57. The van der Waals surface area contributed by atoms with E-state index >= 15 is 0 Å². The Hall–Kier alpha value is 0.140. The summed E-state index contributed by atoms with van der Waals surface area (Å²) in [6.07, 6.45) is 4.13. The van der Waals surface area contributed by atoms with E-state index in [0.29, 0.717) is 11.5 Å². The van der Waals surface area contributed by atoms with Crippen LogP contribution in [0.15, 0.2) is 28.7 Å².